The highest BCUT2D eigenvalue weighted by molar-refractivity contribution is 6.57. The number of rotatable bonds is 0. The van der Waals surface area contributed by atoms with E-state index in [0.717, 1.165) is 16.5 Å². The maximum Gasteiger partial charge on any atom is 0.142 e. The zero-order chi connectivity index (χ0) is 10.9. The van der Waals surface area contributed by atoms with Crippen molar-refractivity contribution in [3.63, 3.8) is 0 Å². The Labute approximate surface area is 88.3 Å². The minimum atomic E-state index is -0.0957. The highest BCUT2D eigenvalue weighted by Crippen LogP contribution is 1.88. The molecule has 1 aromatic carbocycles. The zero-order valence-electron chi connectivity index (χ0n) is 9.38. The molecule has 0 unspecified atom stereocenters. The lowest BCUT2D eigenvalue weighted by atomic mass is 9.67. The number of hydrogen-bond acceptors (Lipinski definition) is 0. The molecule has 0 radical (unpaired) electrons. The first-order valence-corrected chi connectivity index (χ1v) is 4.69. The summed E-state index contributed by atoms with van der Waals surface area (Å²) in [5, 5.41) is 0. The topological polar surface area (TPSA) is 0 Å². The molecule has 66 valence electrons. The molecule has 0 bridgehead atoms. The fraction of sp³-hybridized carbons (Fsp3) is 0.111. The summed E-state index contributed by atoms with van der Waals surface area (Å²) in [6.45, 7) is 1.80. The van der Waals surface area contributed by atoms with Crippen molar-refractivity contribution in [1.29, 1.82) is 0 Å². The van der Waals surface area contributed by atoms with Crippen molar-refractivity contribution in [3.05, 3.63) is 11.4 Å². The van der Waals surface area contributed by atoms with Crippen molar-refractivity contribution in [2.75, 3.05) is 0 Å². The average molecular weight is 181 g/mol. The zero-order valence-corrected chi connectivity index (χ0v) is 9.38. The van der Waals surface area contributed by atoms with Crippen molar-refractivity contribution in [3.8, 4) is 11.8 Å². The second-order valence-electron chi connectivity index (χ2n) is 3.56. The molecule has 0 atom stereocenters. The van der Waals surface area contributed by atoms with E-state index in [2.05, 4.69) is 11.8 Å². The van der Waals surface area contributed by atoms with E-state index in [0.29, 0.717) is 10.9 Å². The molecular weight excluding hydrogens is 170 g/mol. The van der Waals surface area contributed by atoms with Crippen LogP contribution in [0.25, 0.3) is 0 Å². The largest absolute Gasteiger partial charge is 0.208 e. The summed E-state index contributed by atoms with van der Waals surface area (Å²) in [5.41, 5.74) is 4.32. The van der Waals surface area contributed by atoms with E-state index < -0.39 is 0 Å². The second kappa shape index (κ2) is 4.00. The predicted octanol–water partition coefficient (Wildman–Crippen LogP) is -4.77. The fourth-order valence-electron chi connectivity index (χ4n) is 1.58. The normalized spacial score (nSPS) is 9.29. The van der Waals surface area contributed by atoms with Crippen LogP contribution in [0.5, 0.6) is 0 Å². The molecule has 5 heteroatoms. The molecule has 0 amide bonds. The summed E-state index contributed by atoms with van der Waals surface area (Å²) in [6, 6.07) is 0. The van der Waals surface area contributed by atoms with Crippen LogP contribution in [0.4, 0.5) is 4.39 Å². The van der Waals surface area contributed by atoms with Gasteiger partial charge in [0.15, 0.2) is 0 Å². The van der Waals surface area contributed by atoms with E-state index in [9.17, 15) is 4.39 Å². The van der Waals surface area contributed by atoms with Gasteiger partial charge in [0.25, 0.3) is 0 Å². The summed E-state index contributed by atoms with van der Waals surface area (Å²) in [4.78, 5) is 0. The molecule has 0 aromatic heterocycles. The molecule has 0 aliphatic heterocycles. The van der Waals surface area contributed by atoms with Crippen molar-refractivity contribution < 1.29 is 4.39 Å². The molecule has 0 saturated carbocycles. The Balaban J connectivity index is 3.65. The van der Waals surface area contributed by atoms with Gasteiger partial charge >= 0.3 is 0 Å². The molecule has 0 heterocycles. The third-order valence-electron chi connectivity index (χ3n) is 2.78. The first-order valence-electron chi connectivity index (χ1n) is 4.69. The van der Waals surface area contributed by atoms with Gasteiger partial charge in [-0.2, -0.15) is 0 Å². The van der Waals surface area contributed by atoms with Gasteiger partial charge in [0.05, 0.1) is 0 Å². The Bertz CT molecular complexity index is 413. The minimum absolute atomic E-state index is 0.0957. The van der Waals surface area contributed by atoms with Crippen LogP contribution in [0, 0.1) is 17.7 Å². The Morgan fingerprint density at radius 3 is 1.71 bits per heavy atom. The van der Waals surface area contributed by atoms with Gasteiger partial charge in [0.1, 0.15) is 37.2 Å². The summed E-state index contributed by atoms with van der Waals surface area (Å²) < 4.78 is 13.6. The van der Waals surface area contributed by atoms with Crippen molar-refractivity contribution in [1.82, 2.24) is 0 Å². The van der Waals surface area contributed by atoms with E-state index in [1.807, 2.05) is 15.7 Å². The van der Waals surface area contributed by atoms with Crippen molar-refractivity contribution >= 4 is 53.2 Å². The summed E-state index contributed by atoms with van der Waals surface area (Å²) in [6.07, 6.45) is 0. The van der Waals surface area contributed by atoms with Crippen LogP contribution in [0.3, 0.4) is 0 Å². The van der Waals surface area contributed by atoms with Crippen molar-refractivity contribution in [2.45, 2.75) is 6.92 Å². The summed E-state index contributed by atoms with van der Waals surface area (Å²) >= 11 is 0. The molecule has 14 heavy (non-hydrogen) atoms. The third-order valence-corrected chi connectivity index (χ3v) is 2.78. The minimum Gasteiger partial charge on any atom is -0.208 e. The molecule has 0 spiro atoms. The molecular formula is C9H11B4F. The van der Waals surface area contributed by atoms with Gasteiger partial charge < -0.3 is 0 Å². The lowest BCUT2D eigenvalue weighted by molar-refractivity contribution is 0.645. The maximum atomic E-state index is 13.6. The molecule has 0 aliphatic rings. The molecule has 1 aromatic rings. The van der Waals surface area contributed by atoms with Gasteiger partial charge in [0, 0.05) is 5.56 Å². The van der Waals surface area contributed by atoms with Gasteiger partial charge in [-0.3, -0.25) is 0 Å². The maximum absolute atomic E-state index is 13.6. The van der Waals surface area contributed by atoms with Crippen LogP contribution < -0.4 is 21.9 Å². The Kier molecular flexibility index (Phi) is 3.16. The Hall–Kier alpha value is -1.03. The van der Waals surface area contributed by atoms with Crippen LogP contribution >= 0.6 is 0 Å². The summed E-state index contributed by atoms with van der Waals surface area (Å²) in [5.74, 6) is 5.81. The second-order valence-corrected chi connectivity index (χ2v) is 3.56. The van der Waals surface area contributed by atoms with Gasteiger partial charge in [-0.25, -0.2) is 4.39 Å². The monoisotopic (exact) mass is 182 g/mol. The van der Waals surface area contributed by atoms with Gasteiger partial charge in [-0.15, -0.1) is 5.92 Å². The van der Waals surface area contributed by atoms with Crippen LogP contribution in [0.15, 0.2) is 0 Å². The van der Waals surface area contributed by atoms with Gasteiger partial charge in [-0.1, -0.05) is 27.8 Å². The number of halogens is 1. The predicted molar refractivity (Wildman–Crippen MR) is 71.7 cm³/mol. The number of benzene rings is 1. The lowest BCUT2D eigenvalue weighted by Crippen LogP contribution is -2.46. The molecule has 0 aliphatic carbocycles. The van der Waals surface area contributed by atoms with Crippen LogP contribution in [0.1, 0.15) is 12.5 Å². The van der Waals surface area contributed by atoms with Crippen LogP contribution in [-0.2, 0) is 0 Å². The Morgan fingerprint density at radius 2 is 1.36 bits per heavy atom. The number of hydrogen-bond donors (Lipinski definition) is 0. The van der Waals surface area contributed by atoms with Gasteiger partial charge in [-0.05, 0) is 6.92 Å². The van der Waals surface area contributed by atoms with E-state index in [1.54, 1.807) is 22.6 Å². The van der Waals surface area contributed by atoms with Crippen LogP contribution in [0.2, 0.25) is 0 Å². The fourth-order valence-corrected chi connectivity index (χ4v) is 1.58. The smallest absolute Gasteiger partial charge is 0.142 e. The highest BCUT2D eigenvalue weighted by Gasteiger charge is 2.11. The molecule has 0 fully saturated rings. The van der Waals surface area contributed by atoms with E-state index in [4.69, 9.17) is 0 Å². The van der Waals surface area contributed by atoms with Gasteiger partial charge in [0.2, 0.25) is 0 Å². The lowest BCUT2D eigenvalue weighted by Gasteiger charge is -2.13. The third kappa shape index (κ3) is 1.62. The SMILES string of the molecule is Bc1c(B)c(C#CC)c(B)c(B)c1F. The van der Waals surface area contributed by atoms with E-state index >= 15 is 0 Å². The molecule has 1 rings (SSSR count). The first kappa shape index (κ1) is 11.0. The Morgan fingerprint density at radius 1 is 0.929 bits per heavy atom. The van der Waals surface area contributed by atoms with Crippen molar-refractivity contribution in [2.24, 2.45) is 0 Å². The standard InChI is InChI=1S/C9H11B4F/c1-2-3-4-5(10)7(12)9(14)8(13)6(4)11/h10-13H2,1H3. The quantitative estimate of drug-likeness (QED) is 0.279. The van der Waals surface area contributed by atoms with E-state index in [1.165, 1.54) is 0 Å². The molecule has 0 saturated heterocycles. The molecule has 0 N–H and O–H groups in total. The molecule has 0 nitrogen and oxygen atoms in total. The van der Waals surface area contributed by atoms with Crippen LogP contribution in [-0.4, -0.2) is 31.4 Å². The van der Waals surface area contributed by atoms with E-state index in [-0.39, 0.29) is 5.82 Å². The first-order chi connectivity index (χ1) is 6.50. The highest BCUT2D eigenvalue weighted by atomic mass is 19.1. The summed E-state index contributed by atoms with van der Waals surface area (Å²) in [7, 11) is 7.45. The average Bonchev–Trinajstić information content (AvgIpc) is 2.19.